The molecule has 0 aliphatic heterocycles. The van der Waals surface area contributed by atoms with Crippen LogP contribution in [0.2, 0.25) is 0 Å². The SMILES string of the molecule is CS(=O)c1cc(C(=O)O)cnc1N. The Labute approximate surface area is 77.1 Å². The van der Waals surface area contributed by atoms with Gasteiger partial charge in [-0.05, 0) is 6.07 Å². The monoisotopic (exact) mass is 200 g/mol. The molecule has 3 N–H and O–H groups in total. The number of carboxylic acid groups (broad SMARTS) is 1. The molecule has 1 atom stereocenters. The Morgan fingerprint density at radius 2 is 2.31 bits per heavy atom. The van der Waals surface area contributed by atoms with Crippen LogP contribution < -0.4 is 5.73 Å². The number of anilines is 1. The molecular formula is C7H8N2O3S. The smallest absolute Gasteiger partial charge is 0.337 e. The fourth-order valence-corrected chi connectivity index (χ4v) is 1.44. The second-order valence-corrected chi connectivity index (χ2v) is 3.71. The number of aromatic nitrogens is 1. The normalized spacial score (nSPS) is 12.4. The Hall–Kier alpha value is -1.43. The van der Waals surface area contributed by atoms with Gasteiger partial charge in [0.1, 0.15) is 5.82 Å². The van der Waals surface area contributed by atoms with Gasteiger partial charge in [-0.3, -0.25) is 4.21 Å². The minimum atomic E-state index is -1.32. The maximum absolute atomic E-state index is 11.0. The van der Waals surface area contributed by atoms with Crippen LogP contribution in [0.3, 0.4) is 0 Å². The highest BCUT2D eigenvalue weighted by Gasteiger charge is 2.09. The molecule has 0 aromatic carbocycles. The van der Waals surface area contributed by atoms with E-state index >= 15 is 0 Å². The molecule has 0 radical (unpaired) electrons. The molecule has 1 aromatic heterocycles. The van der Waals surface area contributed by atoms with E-state index in [1.165, 1.54) is 12.3 Å². The molecule has 1 heterocycles. The molecule has 0 bridgehead atoms. The summed E-state index contributed by atoms with van der Waals surface area (Å²) in [6.07, 6.45) is 2.55. The van der Waals surface area contributed by atoms with Crippen LogP contribution in [0.1, 0.15) is 10.4 Å². The van der Waals surface area contributed by atoms with E-state index < -0.39 is 16.8 Å². The molecule has 0 saturated heterocycles. The first-order valence-corrected chi connectivity index (χ1v) is 4.90. The van der Waals surface area contributed by atoms with Gasteiger partial charge in [0.15, 0.2) is 0 Å². The molecular weight excluding hydrogens is 192 g/mol. The highest BCUT2D eigenvalue weighted by atomic mass is 32.2. The largest absolute Gasteiger partial charge is 0.478 e. The van der Waals surface area contributed by atoms with Crippen LogP contribution in [-0.4, -0.2) is 26.5 Å². The lowest BCUT2D eigenvalue weighted by Crippen LogP contribution is -2.04. The van der Waals surface area contributed by atoms with Gasteiger partial charge >= 0.3 is 5.97 Å². The van der Waals surface area contributed by atoms with E-state index in [1.807, 2.05) is 0 Å². The predicted molar refractivity (Wildman–Crippen MR) is 47.9 cm³/mol. The number of aromatic carboxylic acids is 1. The van der Waals surface area contributed by atoms with Crippen molar-refractivity contribution in [3.8, 4) is 0 Å². The van der Waals surface area contributed by atoms with Gasteiger partial charge in [-0.1, -0.05) is 0 Å². The summed E-state index contributed by atoms with van der Waals surface area (Å²) >= 11 is 0. The van der Waals surface area contributed by atoms with E-state index in [-0.39, 0.29) is 16.3 Å². The van der Waals surface area contributed by atoms with Crippen LogP contribution >= 0.6 is 0 Å². The quantitative estimate of drug-likeness (QED) is 0.706. The van der Waals surface area contributed by atoms with Crippen molar-refractivity contribution in [1.82, 2.24) is 4.98 Å². The maximum atomic E-state index is 11.0. The van der Waals surface area contributed by atoms with Gasteiger partial charge in [-0.15, -0.1) is 0 Å². The molecule has 0 spiro atoms. The van der Waals surface area contributed by atoms with Gasteiger partial charge in [-0.25, -0.2) is 9.78 Å². The Morgan fingerprint density at radius 1 is 1.69 bits per heavy atom. The summed E-state index contributed by atoms with van der Waals surface area (Å²) in [6.45, 7) is 0. The summed E-state index contributed by atoms with van der Waals surface area (Å²) in [5.41, 5.74) is 5.38. The van der Waals surface area contributed by atoms with Gasteiger partial charge in [0, 0.05) is 12.5 Å². The van der Waals surface area contributed by atoms with Crippen LogP contribution in [0.4, 0.5) is 5.82 Å². The molecule has 0 fully saturated rings. The summed E-state index contributed by atoms with van der Waals surface area (Å²) in [4.78, 5) is 14.4. The second-order valence-electron chi connectivity index (χ2n) is 2.37. The minimum Gasteiger partial charge on any atom is -0.478 e. The lowest BCUT2D eigenvalue weighted by atomic mass is 10.3. The molecule has 5 nitrogen and oxygen atoms in total. The number of hydrogen-bond acceptors (Lipinski definition) is 4. The Morgan fingerprint density at radius 3 is 2.77 bits per heavy atom. The molecule has 13 heavy (non-hydrogen) atoms. The van der Waals surface area contributed by atoms with E-state index in [0.717, 1.165) is 6.20 Å². The topological polar surface area (TPSA) is 93.3 Å². The Balaban J connectivity index is 3.27. The van der Waals surface area contributed by atoms with Gasteiger partial charge in [-0.2, -0.15) is 0 Å². The first-order valence-electron chi connectivity index (χ1n) is 3.34. The van der Waals surface area contributed by atoms with Gasteiger partial charge < -0.3 is 10.8 Å². The number of nitrogens with zero attached hydrogens (tertiary/aromatic N) is 1. The van der Waals surface area contributed by atoms with Crippen molar-refractivity contribution in [3.63, 3.8) is 0 Å². The summed E-state index contributed by atoms with van der Waals surface area (Å²) < 4.78 is 11.0. The highest BCUT2D eigenvalue weighted by molar-refractivity contribution is 7.84. The molecule has 1 unspecified atom stereocenters. The average Bonchev–Trinajstić information content (AvgIpc) is 2.04. The van der Waals surface area contributed by atoms with Gasteiger partial charge in [0.25, 0.3) is 0 Å². The molecule has 0 aliphatic carbocycles. The lowest BCUT2D eigenvalue weighted by Gasteiger charge is -2.01. The van der Waals surface area contributed by atoms with E-state index in [2.05, 4.69) is 4.98 Å². The number of hydrogen-bond donors (Lipinski definition) is 2. The number of pyridine rings is 1. The van der Waals surface area contributed by atoms with E-state index in [4.69, 9.17) is 10.8 Å². The summed E-state index contributed by atoms with van der Waals surface area (Å²) in [6, 6.07) is 1.26. The predicted octanol–water partition coefficient (Wildman–Crippen LogP) is 0.0994. The average molecular weight is 200 g/mol. The van der Waals surface area contributed by atoms with E-state index in [9.17, 15) is 9.00 Å². The maximum Gasteiger partial charge on any atom is 0.337 e. The van der Waals surface area contributed by atoms with Gasteiger partial charge in [0.2, 0.25) is 0 Å². The lowest BCUT2D eigenvalue weighted by molar-refractivity contribution is 0.0696. The van der Waals surface area contributed by atoms with Crippen LogP contribution in [-0.2, 0) is 10.8 Å². The highest BCUT2D eigenvalue weighted by Crippen LogP contribution is 2.14. The molecule has 0 aliphatic rings. The number of nitrogens with two attached hydrogens (primary N) is 1. The fraction of sp³-hybridized carbons (Fsp3) is 0.143. The third-order valence-corrected chi connectivity index (χ3v) is 2.38. The first-order chi connectivity index (χ1) is 6.02. The first kappa shape index (κ1) is 9.66. The number of carbonyl (C=O) groups is 1. The molecule has 70 valence electrons. The third-order valence-electron chi connectivity index (χ3n) is 1.44. The zero-order valence-corrected chi connectivity index (χ0v) is 7.67. The van der Waals surface area contributed by atoms with Crippen LogP contribution in [0, 0.1) is 0 Å². The summed E-state index contributed by atoms with van der Waals surface area (Å²) in [5.74, 6) is -1.01. The fourth-order valence-electron chi connectivity index (χ4n) is 0.802. The van der Waals surface area contributed by atoms with Gasteiger partial charge in [0.05, 0.1) is 21.3 Å². The van der Waals surface area contributed by atoms with Crippen molar-refractivity contribution in [2.45, 2.75) is 4.90 Å². The zero-order valence-electron chi connectivity index (χ0n) is 6.85. The number of rotatable bonds is 2. The van der Waals surface area contributed by atoms with Crippen molar-refractivity contribution in [1.29, 1.82) is 0 Å². The summed E-state index contributed by atoms with van der Waals surface area (Å²) in [5, 5.41) is 8.60. The van der Waals surface area contributed by atoms with E-state index in [0.29, 0.717) is 0 Å². The minimum absolute atomic E-state index is 0.0144. The molecule has 0 amide bonds. The Kier molecular flexibility index (Phi) is 2.62. The van der Waals surface area contributed by atoms with Crippen LogP contribution in [0.15, 0.2) is 17.2 Å². The molecule has 1 aromatic rings. The van der Waals surface area contributed by atoms with Crippen molar-refractivity contribution in [2.24, 2.45) is 0 Å². The van der Waals surface area contributed by atoms with Crippen molar-refractivity contribution >= 4 is 22.6 Å². The standard InChI is InChI=1S/C7H8N2O3S/c1-13(12)5-2-4(7(10)11)3-9-6(5)8/h2-3H,1H3,(H2,8,9)(H,10,11). The van der Waals surface area contributed by atoms with Crippen molar-refractivity contribution in [2.75, 3.05) is 12.0 Å². The second kappa shape index (κ2) is 3.53. The van der Waals surface area contributed by atoms with Crippen molar-refractivity contribution in [3.05, 3.63) is 17.8 Å². The molecule has 1 rings (SSSR count). The number of carboxylic acids is 1. The zero-order chi connectivity index (χ0) is 10.0. The Bertz CT molecular complexity index is 378. The third kappa shape index (κ3) is 2.03. The summed E-state index contributed by atoms with van der Waals surface area (Å²) in [7, 11) is -1.32. The van der Waals surface area contributed by atoms with Crippen LogP contribution in [0.25, 0.3) is 0 Å². The van der Waals surface area contributed by atoms with E-state index in [1.54, 1.807) is 0 Å². The molecule has 6 heteroatoms. The van der Waals surface area contributed by atoms with Crippen LogP contribution in [0.5, 0.6) is 0 Å². The van der Waals surface area contributed by atoms with Crippen molar-refractivity contribution < 1.29 is 14.1 Å². The number of nitrogen functional groups attached to an aromatic ring is 1. The molecule has 0 saturated carbocycles.